The number of carbonyl (C=O) groups is 2. The van der Waals surface area contributed by atoms with E-state index < -0.39 is 11.9 Å². The van der Waals surface area contributed by atoms with Crippen LogP contribution in [0.4, 0.5) is 0 Å². The molecular weight excluding hydrogens is 206 g/mol. The van der Waals surface area contributed by atoms with E-state index in [-0.39, 0.29) is 5.91 Å². The van der Waals surface area contributed by atoms with E-state index in [0.717, 1.165) is 12.8 Å². The van der Waals surface area contributed by atoms with Gasteiger partial charge in [-0.25, -0.2) is 0 Å². The summed E-state index contributed by atoms with van der Waals surface area (Å²) in [5.41, 5.74) is 0. The Bertz CT molecular complexity index is 282. The fourth-order valence-electron chi connectivity index (χ4n) is 2.86. The van der Waals surface area contributed by atoms with Gasteiger partial charge in [0.25, 0.3) is 0 Å². The number of likely N-dealkylation sites (tertiary alicyclic amines) is 1. The third-order valence-electron chi connectivity index (χ3n) is 3.80. The first-order valence-corrected chi connectivity index (χ1v) is 6.23. The monoisotopic (exact) mass is 225 g/mol. The summed E-state index contributed by atoms with van der Waals surface area (Å²) in [7, 11) is 0. The van der Waals surface area contributed by atoms with Gasteiger partial charge in [0.05, 0.1) is 0 Å². The molecule has 90 valence electrons. The van der Waals surface area contributed by atoms with Crippen LogP contribution in [-0.2, 0) is 9.59 Å². The number of carbonyl (C=O) groups excluding carboxylic acids is 1. The Labute approximate surface area is 95.6 Å². The molecule has 4 nitrogen and oxygen atoms in total. The number of hydrogen-bond acceptors (Lipinski definition) is 2. The standard InChI is InChI=1S/C12H19NO3/c14-11-10(12(15)16)7-8-13(11)9-5-3-1-2-4-6-9/h9-10H,1-8H2,(H,15,16). The summed E-state index contributed by atoms with van der Waals surface area (Å²) in [5.74, 6) is -1.89. The van der Waals surface area contributed by atoms with Crippen LogP contribution in [0.15, 0.2) is 0 Å². The largest absolute Gasteiger partial charge is 0.481 e. The second-order valence-corrected chi connectivity index (χ2v) is 4.86. The Morgan fingerprint density at radius 2 is 1.75 bits per heavy atom. The van der Waals surface area contributed by atoms with Crippen molar-refractivity contribution in [1.29, 1.82) is 0 Å². The van der Waals surface area contributed by atoms with Gasteiger partial charge in [-0.05, 0) is 19.3 Å². The summed E-state index contributed by atoms with van der Waals surface area (Å²) >= 11 is 0. The molecule has 2 rings (SSSR count). The molecule has 1 saturated carbocycles. The van der Waals surface area contributed by atoms with E-state index in [1.807, 2.05) is 4.90 Å². The van der Waals surface area contributed by atoms with Crippen LogP contribution in [0, 0.1) is 5.92 Å². The molecule has 0 aromatic rings. The van der Waals surface area contributed by atoms with Gasteiger partial charge in [-0.1, -0.05) is 25.7 Å². The van der Waals surface area contributed by atoms with Crippen molar-refractivity contribution in [2.24, 2.45) is 5.92 Å². The number of hydrogen-bond donors (Lipinski definition) is 1. The maximum atomic E-state index is 11.9. The molecule has 16 heavy (non-hydrogen) atoms. The van der Waals surface area contributed by atoms with E-state index in [1.165, 1.54) is 25.7 Å². The highest BCUT2D eigenvalue weighted by Crippen LogP contribution is 2.28. The van der Waals surface area contributed by atoms with Crippen molar-refractivity contribution >= 4 is 11.9 Å². The molecule has 0 radical (unpaired) electrons. The highest BCUT2D eigenvalue weighted by atomic mass is 16.4. The number of carboxylic acids is 1. The second-order valence-electron chi connectivity index (χ2n) is 4.86. The molecule has 0 spiro atoms. The van der Waals surface area contributed by atoms with Crippen molar-refractivity contribution in [3.8, 4) is 0 Å². The van der Waals surface area contributed by atoms with E-state index in [1.54, 1.807) is 0 Å². The number of nitrogens with zero attached hydrogens (tertiary/aromatic N) is 1. The molecule has 1 aliphatic carbocycles. The number of amides is 1. The Hall–Kier alpha value is -1.06. The molecule has 1 amide bonds. The van der Waals surface area contributed by atoms with Gasteiger partial charge >= 0.3 is 5.97 Å². The number of rotatable bonds is 2. The molecule has 0 bridgehead atoms. The zero-order valence-corrected chi connectivity index (χ0v) is 9.52. The predicted octanol–water partition coefficient (Wildman–Crippen LogP) is 1.64. The predicted molar refractivity (Wildman–Crippen MR) is 58.9 cm³/mol. The third kappa shape index (κ3) is 2.20. The molecular formula is C12H19NO3. The maximum Gasteiger partial charge on any atom is 0.316 e. The number of aliphatic carboxylic acids is 1. The number of carboxylic acid groups (broad SMARTS) is 1. The Morgan fingerprint density at radius 3 is 2.25 bits per heavy atom. The Kier molecular flexibility index (Phi) is 3.46. The van der Waals surface area contributed by atoms with Gasteiger partial charge < -0.3 is 10.0 Å². The van der Waals surface area contributed by atoms with E-state index in [4.69, 9.17) is 5.11 Å². The SMILES string of the molecule is O=C(O)C1CCN(C2CCCCCC2)C1=O. The summed E-state index contributed by atoms with van der Waals surface area (Å²) in [6, 6.07) is 0.305. The molecule has 4 heteroatoms. The van der Waals surface area contributed by atoms with Crippen LogP contribution in [0.1, 0.15) is 44.9 Å². The fraction of sp³-hybridized carbons (Fsp3) is 0.833. The van der Waals surface area contributed by atoms with Gasteiger partial charge in [0.1, 0.15) is 5.92 Å². The van der Waals surface area contributed by atoms with Gasteiger partial charge in [-0.15, -0.1) is 0 Å². The van der Waals surface area contributed by atoms with Crippen molar-refractivity contribution in [2.75, 3.05) is 6.54 Å². The zero-order chi connectivity index (χ0) is 11.5. The molecule has 1 saturated heterocycles. The van der Waals surface area contributed by atoms with Crippen LogP contribution in [0.5, 0.6) is 0 Å². The van der Waals surface area contributed by atoms with Crippen LogP contribution in [0.25, 0.3) is 0 Å². The Balaban J connectivity index is 1.99. The van der Waals surface area contributed by atoms with Gasteiger partial charge in [0.15, 0.2) is 0 Å². The molecule has 1 N–H and O–H groups in total. The van der Waals surface area contributed by atoms with Crippen LogP contribution in [-0.4, -0.2) is 34.5 Å². The maximum absolute atomic E-state index is 11.9. The summed E-state index contributed by atoms with van der Waals surface area (Å²) < 4.78 is 0. The van der Waals surface area contributed by atoms with Crippen molar-refractivity contribution < 1.29 is 14.7 Å². The second kappa shape index (κ2) is 4.85. The van der Waals surface area contributed by atoms with Crippen LogP contribution in [0.3, 0.4) is 0 Å². The lowest BCUT2D eigenvalue weighted by atomic mass is 10.1. The first kappa shape index (κ1) is 11.4. The smallest absolute Gasteiger partial charge is 0.316 e. The van der Waals surface area contributed by atoms with Crippen molar-refractivity contribution in [3.05, 3.63) is 0 Å². The van der Waals surface area contributed by atoms with Crippen LogP contribution >= 0.6 is 0 Å². The minimum Gasteiger partial charge on any atom is -0.481 e. The molecule has 1 heterocycles. The highest BCUT2D eigenvalue weighted by Gasteiger charge is 2.39. The fourth-order valence-corrected chi connectivity index (χ4v) is 2.86. The van der Waals surface area contributed by atoms with E-state index in [0.29, 0.717) is 19.0 Å². The van der Waals surface area contributed by atoms with E-state index in [2.05, 4.69) is 0 Å². The summed E-state index contributed by atoms with van der Waals surface area (Å²) in [5, 5.41) is 8.91. The first-order valence-electron chi connectivity index (χ1n) is 6.23. The molecule has 2 aliphatic rings. The third-order valence-corrected chi connectivity index (χ3v) is 3.80. The average molecular weight is 225 g/mol. The molecule has 0 aromatic carbocycles. The highest BCUT2D eigenvalue weighted by molar-refractivity contribution is 5.98. The van der Waals surface area contributed by atoms with Gasteiger partial charge in [-0.2, -0.15) is 0 Å². The lowest BCUT2D eigenvalue weighted by Crippen LogP contribution is -2.38. The average Bonchev–Trinajstić information content (AvgIpc) is 2.50. The first-order chi connectivity index (χ1) is 7.70. The summed E-state index contributed by atoms with van der Waals surface area (Å²) in [4.78, 5) is 24.6. The van der Waals surface area contributed by atoms with Crippen molar-refractivity contribution in [3.63, 3.8) is 0 Å². The topological polar surface area (TPSA) is 57.6 Å². The summed E-state index contributed by atoms with van der Waals surface area (Å²) in [6.45, 7) is 0.639. The van der Waals surface area contributed by atoms with Crippen molar-refractivity contribution in [2.45, 2.75) is 51.0 Å². The summed E-state index contributed by atoms with van der Waals surface area (Å²) in [6.07, 6.45) is 7.45. The molecule has 2 fully saturated rings. The zero-order valence-electron chi connectivity index (χ0n) is 9.52. The van der Waals surface area contributed by atoms with Gasteiger partial charge in [-0.3, -0.25) is 9.59 Å². The van der Waals surface area contributed by atoms with E-state index in [9.17, 15) is 9.59 Å². The minimum atomic E-state index is -0.957. The van der Waals surface area contributed by atoms with Gasteiger partial charge in [0, 0.05) is 12.6 Å². The lowest BCUT2D eigenvalue weighted by molar-refractivity contribution is -0.148. The van der Waals surface area contributed by atoms with Crippen molar-refractivity contribution in [1.82, 2.24) is 4.90 Å². The van der Waals surface area contributed by atoms with Crippen LogP contribution < -0.4 is 0 Å². The normalized spacial score (nSPS) is 28.1. The lowest BCUT2D eigenvalue weighted by Gasteiger charge is -2.26. The Morgan fingerprint density at radius 1 is 1.12 bits per heavy atom. The molecule has 1 atom stereocenters. The quantitative estimate of drug-likeness (QED) is 0.574. The molecule has 0 aromatic heterocycles. The van der Waals surface area contributed by atoms with E-state index >= 15 is 0 Å². The van der Waals surface area contributed by atoms with Gasteiger partial charge in [0.2, 0.25) is 5.91 Å². The molecule has 1 unspecified atom stereocenters. The van der Waals surface area contributed by atoms with Crippen LogP contribution in [0.2, 0.25) is 0 Å². The minimum absolute atomic E-state index is 0.153. The molecule has 1 aliphatic heterocycles.